The van der Waals surface area contributed by atoms with Gasteiger partial charge in [-0.2, -0.15) is 0 Å². The number of aryl methyl sites for hydroxylation is 1. The van der Waals surface area contributed by atoms with Crippen LogP contribution >= 0.6 is 15.9 Å². The van der Waals surface area contributed by atoms with Crippen molar-refractivity contribution in [3.63, 3.8) is 0 Å². The van der Waals surface area contributed by atoms with Crippen molar-refractivity contribution in [1.82, 2.24) is 9.55 Å². The molecule has 1 heterocycles. The van der Waals surface area contributed by atoms with E-state index in [1.807, 2.05) is 36.7 Å². The molecule has 120 valence electrons. The van der Waals surface area contributed by atoms with Gasteiger partial charge in [0.2, 0.25) is 0 Å². The third-order valence-corrected chi connectivity index (χ3v) is 4.42. The zero-order valence-corrected chi connectivity index (χ0v) is 15.1. The van der Waals surface area contributed by atoms with Crippen molar-refractivity contribution in [1.29, 1.82) is 0 Å². The molecule has 0 saturated carbocycles. The van der Waals surface area contributed by atoms with E-state index in [2.05, 4.69) is 51.5 Å². The van der Waals surface area contributed by atoms with Crippen LogP contribution in [0.1, 0.15) is 31.7 Å². The SMILES string of the molecule is CC(C)c1cc(Br)ccc1OCCCn1cnc2ccccc21. The summed E-state index contributed by atoms with van der Waals surface area (Å²) in [6.45, 7) is 5.99. The summed E-state index contributed by atoms with van der Waals surface area (Å²) in [5.41, 5.74) is 3.47. The van der Waals surface area contributed by atoms with E-state index in [1.54, 1.807) is 0 Å². The molecule has 1 aromatic heterocycles. The Bertz CT molecular complexity index is 795. The van der Waals surface area contributed by atoms with Crippen molar-refractivity contribution >= 4 is 27.0 Å². The summed E-state index contributed by atoms with van der Waals surface area (Å²) in [5.74, 6) is 1.43. The zero-order valence-electron chi connectivity index (χ0n) is 13.5. The van der Waals surface area contributed by atoms with Gasteiger partial charge in [-0.05, 0) is 48.2 Å². The highest BCUT2D eigenvalue weighted by atomic mass is 79.9. The topological polar surface area (TPSA) is 27.1 Å². The summed E-state index contributed by atoms with van der Waals surface area (Å²) in [6.07, 6.45) is 2.86. The fourth-order valence-electron chi connectivity index (χ4n) is 2.71. The summed E-state index contributed by atoms with van der Waals surface area (Å²) >= 11 is 3.53. The van der Waals surface area contributed by atoms with Crippen LogP contribution in [0.2, 0.25) is 0 Å². The lowest BCUT2D eigenvalue weighted by molar-refractivity contribution is 0.298. The summed E-state index contributed by atoms with van der Waals surface area (Å²) < 4.78 is 9.29. The summed E-state index contributed by atoms with van der Waals surface area (Å²) in [6, 6.07) is 14.4. The van der Waals surface area contributed by atoms with Gasteiger partial charge >= 0.3 is 0 Å². The number of aromatic nitrogens is 2. The third kappa shape index (κ3) is 3.75. The minimum atomic E-state index is 0.445. The highest BCUT2D eigenvalue weighted by molar-refractivity contribution is 9.10. The van der Waals surface area contributed by atoms with Crippen LogP contribution in [0.5, 0.6) is 5.75 Å². The fourth-order valence-corrected chi connectivity index (χ4v) is 3.09. The molecule has 0 atom stereocenters. The van der Waals surface area contributed by atoms with Crippen LogP contribution in [0.3, 0.4) is 0 Å². The average molecular weight is 373 g/mol. The number of halogens is 1. The molecular weight excluding hydrogens is 352 g/mol. The number of nitrogens with zero attached hydrogens (tertiary/aromatic N) is 2. The molecule has 0 N–H and O–H groups in total. The average Bonchev–Trinajstić information content (AvgIpc) is 2.96. The third-order valence-electron chi connectivity index (χ3n) is 3.92. The Morgan fingerprint density at radius 2 is 2.00 bits per heavy atom. The Kier molecular flexibility index (Phi) is 5.01. The molecule has 0 saturated heterocycles. The van der Waals surface area contributed by atoms with Gasteiger partial charge in [0.1, 0.15) is 5.75 Å². The second kappa shape index (κ2) is 7.18. The van der Waals surface area contributed by atoms with Crippen LogP contribution in [0, 0.1) is 0 Å². The van der Waals surface area contributed by atoms with E-state index in [4.69, 9.17) is 4.74 Å². The molecule has 0 bridgehead atoms. The standard InChI is InChI=1S/C19H21BrN2O/c1-14(2)16-12-15(20)8-9-19(16)23-11-5-10-22-13-21-17-6-3-4-7-18(17)22/h3-4,6-9,12-14H,5,10-11H2,1-2H3. The number of hydrogen-bond acceptors (Lipinski definition) is 2. The van der Waals surface area contributed by atoms with E-state index < -0.39 is 0 Å². The van der Waals surface area contributed by atoms with E-state index in [1.165, 1.54) is 11.1 Å². The van der Waals surface area contributed by atoms with Crippen LogP contribution in [-0.2, 0) is 6.54 Å². The summed E-state index contributed by atoms with van der Waals surface area (Å²) in [5, 5.41) is 0. The second-order valence-corrected chi connectivity index (χ2v) is 6.88. The van der Waals surface area contributed by atoms with Crippen LogP contribution in [0.4, 0.5) is 0 Å². The molecule has 0 spiro atoms. The van der Waals surface area contributed by atoms with Gasteiger partial charge in [0.15, 0.2) is 0 Å². The summed E-state index contributed by atoms with van der Waals surface area (Å²) in [4.78, 5) is 4.42. The smallest absolute Gasteiger partial charge is 0.122 e. The number of fused-ring (bicyclic) bond motifs is 1. The number of benzene rings is 2. The lowest BCUT2D eigenvalue weighted by atomic mass is 10.0. The maximum Gasteiger partial charge on any atom is 0.122 e. The highest BCUT2D eigenvalue weighted by Gasteiger charge is 2.08. The first-order valence-corrected chi connectivity index (χ1v) is 8.76. The van der Waals surface area contributed by atoms with Gasteiger partial charge in [0, 0.05) is 11.0 Å². The molecule has 3 rings (SSSR count). The maximum absolute atomic E-state index is 6.01. The Morgan fingerprint density at radius 3 is 2.83 bits per heavy atom. The van der Waals surface area contributed by atoms with E-state index >= 15 is 0 Å². The molecule has 2 aromatic carbocycles. The normalized spacial score (nSPS) is 11.3. The lowest BCUT2D eigenvalue weighted by Gasteiger charge is -2.14. The number of para-hydroxylation sites is 2. The van der Waals surface area contributed by atoms with Crippen molar-refractivity contribution in [3.05, 3.63) is 58.8 Å². The minimum absolute atomic E-state index is 0.445. The number of hydrogen-bond donors (Lipinski definition) is 0. The molecule has 4 heteroatoms. The van der Waals surface area contributed by atoms with Gasteiger partial charge in [-0.25, -0.2) is 4.98 Å². The largest absolute Gasteiger partial charge is 0.493 e. The Balaban J connectivity index is 1.60. The molecule has 0 aliphatic heterocycles. The Labute approximate surface area is 145 Å². The summed E-state index contributed by atoms with van der Waals surface area (Å²) in [7, 11) is 0. The maximum atomic E-state index is 6.01. The van der Waals surface area contributed by atoms with Crippen LogP contribution in [0.15, 0.2) is 53.3 Å². The van der Waals surface area contributed by atoms with E-state index in [9.17, 15) is 0 Å². The molecule has 0 unspecified atom stereocenters. The first kappa shape index (κ1) is 16.1. The number of imidazole rings is 1. The van der Waals surface area contributed by atoms with Crippen molar-refractivity contribution in [2.24, 2.45) is 0 Å². The first-order valence-electron chi connectivity index (χ1n) is 7.97. The molecular formula is C19H21BrN2O. The molecule has 23 heavy (non-hydrogen) atoms. The van der Waals surface area contributed by atoms with Crippen molar-refractivity contribution in [2.45, 2.75) is 32.7 Å². The van der Waals surface area contributed by atoms with Crippen molar-refractivity contribution in [2.75, 3.05) is 6.61 Å². The first-order chi connectivity index (χ1) is 11.1. The van der Waals surface area contributed by atoms with Gasteiger partial charge in [-0.3, -0.25) is 0 Å². The van der Waals surface area contributed by atoms with E-state index in [0.717, 1.165) is 28.7 Å². The van der Waals surface area contributed by atoms with Crippen LogP contribution in [-0.4, -0.2) is 16.2 Å². The molecule has 0 aliphatic carbocycles. The lowest BCUT2D eigenvalue weighted by Crippen LogP contribution is -2.05. The van der Waals surface area contributed by atoms with Crippen LogP contribution in [0.25, 0.3) is 11.0 Å². The molecule has 0 amide bonds. The number of rotatable bonds is 6. The van der Waals surface area contributed by atoms with Crippen LogP contribution < -0.4 is 4.74 Å². The van der Waals surface area contributed by atoms with Gasteiger partial charge in [-0.1, -0.05) is 41.9 Å². The fraction of sp³-hybridized carbons (Fsp3) is 0.316. The van der Waals surface area contributed by atoms with Gasteiger partial charge in [-0.15, -0.1) is 0 Å². The molecule has 0 radical (unpaired) electrons. The monoisotopic (exact) mass is 372 g/mol. The molecule has 0 aliphatic rings. The van der Waals surface area contributed by atoms with Crippen molar-refractivity contribution < 1.29 is 4.74 Å². The minimum Gasteiger partial charge on any atom is -0.493 e. The quantitative estimate of drug-likeness (QED) is 0.542. The van der Waals surface area contributed by atoms with E-state index in [0.29, 0.717) is 12.5 Å². The predicted octanol–water partition coefficient (Wildman–Crippen LogP) is 5.39. The zero-order chi connectivity index (χ0) is 16.2. The second-order valence-electron chi connectivity index (χ2n) is 5.97. The molecule has 3 aromatic rings. The predicted molar refractivity (Wildman–Crippen MR) is 98.1 cm³/mol. The van der Waals surface area contributed by atoms with Gasteiger partial charge in [0.05, 0.1) is 24.0 Å². The molecule has 3 nitrogen and oxygen atoms in total. The van der Waals surface area contributed by atoms with E-state index in [-0.39, 0.29) is 0 Å². The Morgan fingerprint density at radius 1 is 1.17 bits per heavy atom. The number of ether oxygens (including phenoxy) is 1. The van der Waals surface area contributed by atoms with Crippen molar-refractivity contribution in [3.8, 4) is 5.75 Å². The van der Waals surface area contributed by atoms with Gasteiger partial charge < -0.3 is 9.30 Å². The highest BCUT2D eigenvalue weighted by Crippen LogP contribution is 2.29. The van der Waals surface area contributed by atoms with Gasteiger partial charge in [0.25, 0.3) is 0 Å². The Hall–Kier alpha value is -1.81. The molecule has 0 fully saturated rings.